The zero-order chi connectivity index (χ0) is 35.3. The number of nitrogens with zero attached hydrogens (tertiary/aromatic N) is 4. The molecule has 1 aromatic carbocycles. The maximum atomic E-state index is 13.6. The molecule has 0 saturated carbocycles. The summed E-state index contributed by atoms with van der Waals surface area (Å²) in [6.45, 7) is 6.27. The number of hydrogen-bond donors (Lipinski definition) is 2. The van der Waals surface area contributed by atoms with Gasteiger partial charge in [0.1, 0.15) is 35.7 Å². The number of methoxy groups -OCH3 is 1. The molecule has 2 aromatic heterocycles. The van der Waals surface area contributed by atoms with Crippen LogP contribution in [0.5, 0.6) is 5.75 Å². The van der Waals surface area contributed by atoms with Gasteiger partial charge in [-0.1, -0.05) is 11.2 Å². The number of oxime groups is 1. The number of amides is 2. The fourth-order valence-corrected chi connectivity index (χ4v) is 7.30. The van der Waals surface area contributed by atoms with Crippen LogP contribution in [0.4, 0.5) is 10.8 Å². The molecule has 3 aromatic rings. The standard InChI is InChI=1S/C32H34N6O8S3/c1-17-22(49-15-33-17)12-7-18-13-47-28-24(27(40)38(28)25(18)29(41)45-16-46-30(42)32(2,3)4)36-26(39)23(37-44-6)21-14-48-31(35-21)34-19-8-10-20(43-5)11-9-19/h7-12,14-15,24,28H,13,16H2,1-6H3,(H,34,35)(H,36,39)/b12-7-,37-23-/t24-,28-/m1/s1. The summed E-state index contributed by atoms with van der Waals surface area (Å²) in [6, 6.07) is 6.27. The molecule has 0 radical (unpaired) electrons. The average molecular weight is 727 g/mol. The van der Waals surface area contributed by atoms with E-state index in [2.05, 4.69) is 25.8 Å². The van der Waals surface area contributed by atoms with Crippen molar-refractivity contribution >= 4 is 80.8 Å². The maximum Gasteiger partial charge on any atom is 0.358 e. The van der Waals surface area contributed by atoms with Gasteiger partial charge in [-0.3, -0.25) is 19.3 Å². The number of carbonyl (C=O) groups is 4. The normalized spacial score (nSPS) is 17.7. The molecular formula is C32H34N6O8S3. The van der Waals surface area contributed by atoms with Gasteiger partial charge in [0, 0.05) is 21.7 Å². The first-order valence-corrected chi connectivity index (χ1v) is 17.6. The number of allylic oxidation sites excluding steroid dienone is 1. The molecule has 2 aliphatic heterocycles. The van der Waals surface area contributed by atoms with E-state index < -0.39 is 47.4 Å². The molecule has 1 saturated heterocycles. The zero-order valence-electron chi connectivity index (χ0n) is 27.5. The first-order chi connectivity index (χ1) is 23.4. The minimum atomic E-state index is -0.981. The molecule has 2 N–H and O–H groups in total. The Hall–Kier alpha value is -4.74. The first-order valence-electron chi connectivity index (χ1n) is 14.8. The SMILES string of the molecule is CO/N=C(\C(=O)N[C@@H]1C(=O)N2C(C(=O)OCOC(=O)C(C)(C)C)=C(/C=C\c3scnc3C)CS[C@H]12)c1csc(Nc2ccc(OC)cc2)n1. The number of benzene rings is 1. The molecular weight excluding hydrogens is 693 g/mol. The third-order valence-corrected chi connectivity index (χ3v) is 10.1. The van der Waals surface area contributed by atoms with E-state index in [0.29, 0.717) is 22.2 Å². The Labute approximate surface area is 294 Å². The van der Waals surface area contributed by atoms with Gasteiger partial charge in [0.05, 0.1) is 23.7 Å². The Morgan fingerprint density at radius 2 is 1.86 bits per heavy atom. The summed E-state index contributed by atoms with van der Waals surface area (Å²) in [5.74, 6) is -1.57. The van der Waals surface area contributed by atoms with Crippen molar-refractivity contribution in [2.45, 2.75) is 39.1 Å². The number of aryl methyl sites for hydroxylation is 1. The summed E-state index contributed by atoms with van der Waals surface area (Å²) in [5, 5.41) is 11.3. The van der Waals surface area contributed by atoms with Gasteiger partial charge in [0.25, 0.3) is 11.8 Å². The second-order valence-electron chi connectivity index (χ2n) is 11.6. The molecule has 17 heteroatoms. The van der Waals surface area contributed by atoms with E-state index in [1.54, 1.807) is 57.0 Å². The summed E-state index contributed by atoms with van der Waals surface area (Å²) in [7, 11) is 2.88. The highest BCUT2D eigenvalue weighted by atomic mass is 32.2. The van der Waals surface area contributed by atoms with Crippen molar-refractivity contribution in [3.05, 3.63) is 68.8 Å². The zero-order valence-corrected chi connectivity index (χ0v) is 29.9. The highest BCUT2D eigenvalue weighted by Crippen LogP contribution is 2.41. The van der Waals surface area contributed by atoms with E-state index in [1.165, 1.54) is 46.4 Å². The lowest BCUT2D eigenvalue weighted by Gasteiger charge is -2.49. The molecule has 1 fully saturated rings. The minimum absolute atomic E-state index is 0.00371. The summed E-state index contributed by atoms with van der Waals surface area (Å²) in [5.41, 5.74) is 3.14. The van der Waals surface area contributed by atoms with Crippen LogP contribution in [0, 0.1) is 12.3 Å². The fraction of sp³-hybridized carbons (Fsp3) is 0.344. The molecule has 5 rings (SSSR count). The van der Waals surface area contributed by atoms with Gasteiger partial charge < -0.3 is 29.7 Å². The van der Waals surface area contributed by atoms with Crippen LogP contribution in [0.3, 0.4) is 0 Å². The van der Waals surface area contributed by atoms with Crippen molar-refractivity contribution in [2.75, 3.05) is 32.1 Å². The second-order valence-corrected chi connectivity index (χ2v) is 14.5. The third kappa shape index (κ3) is 8.12. The number of nitrogens with one attached hydrogen (secondary N) is 2. The van der Waals surface area contributed by atoms with E-state index in [9.17, 15) is 19.2 Å². The molecule has 49 heavy (non-hydrogen) atoms. The van der Waals surface area contributed by atoms with Gasteiger partial charge >= 0.3 is 11.9 Å². The van der Waals surface area contributed by atoms with Gasteiger partial charge in [-0.2, -0.15) is 0 Å². The molecule has 4 heterocycles. The number of thiazole rings is 2. The molecule has 0 bridgehead atoms. The number of aromatic nitrogens is 2. The van der Waals surface area contributed by atoms with Crippen LogP contribution in [0.2, 0.25) is 0 Å². The van der Waals surface area contributed by atoms with Gasteiger partial charge in [0.2, 0.25) is 6.79 Å². The summed E-state index contributed by atoms with van der Waals surface area (Å²) >= 11 is 4.06. The van der Waals surface area contributed by atoms with Crippen LogP contribution in [0.1, 0.15) is 37.0 Å². The van der Waals surface area contributed by atoms with Gasteiger partial charge in [-0.15, -0.1) is 34.4 Å². The van der Waals surface area contributed by atoms with Crippen LogP contribution in [0.15, 0.2) is 57.7 Å². The topological polar surface area (TPSA) is 171 Å². The highest BCUT2D eigenvalue weighted by Gasteiger charge is 2.54. The number of carbonyl (C=O) groups excluding carboxylic acids is 4. The predicted molar refractivity (Wildman–Crippen MR) is 186 cm³/mol. The molecule has 258 valence electrons. The largest absolute Gasteiger partial charge is 0.497 e. The quantitative estimate of drug-likeness (QED) is 0.0884. The lowest BCUT2D eigenvalue weighted by atomic mass is 9.98. The Balaban J connectivity index is 1.31. The Bertz CT molecular complexity index is 1830. The van der Waals surface area contributed by atoms with Crippen molar-refractivity contribution in [3.8, 4) is 5.75 Å². The Morgan fingerprint density at radius 1 is 1.10 bits per heavy atom. The van der Waals surface area contributed by atoms with Crippen LogP contribution in [-0.2, 0) is 33.5 Å². The number of rotatable bonds is 12. The van der Waals surface area contributed by atoms with Crippen molar-refractivity contribution in [3.63, 3.8) is 0 Å². The molecule has 14 nitrogen and oxygen atoms in total. The third-order valence-electron chi connectivity index (χ3n) is 7.17. The molecule has 0 unspecified atom stereocenters. The molecule has 2 atom stereocenters. The lowest BCUT2D eigenvalue weighted by molar-refractivity contribution is -0.173. The van der Waals surface area contributed by atoms with E-state index in [1.807, 2.05) is 25.1 Å². The van der Waals surface area contributed by atoms with E-state index >= 15 is 0 Å². The monoisotopic (exact) mass is 726 g/mol. The fourth-order valence-electron chi connectivity index (χ4n) is 4.57. The van der Waals surface area contributed by atoms with Crippen molar-refractivity contribution in [1.29, 1.82) is 0 Å². The van der Waals surface area contributed by atoms with Crippen LogP contribution < -0.4 is 15.4 Å². The van der Waals surface area contributed by atoms with E-state index in [0.717, 1.165) is 16.3 Å². The molecule has 2 aliphatic rings. The van der Waals surface area contributed by atoms with Crippen LogP contribution in [-0.4, -0.2) is 82.5 Å². The lowest BCUT2D eigenvalue weighted by Crippen LogP contribution is -2.71. The first kappa shape index (κ1) is 35.6. The number of fused-ring (bicyclic) bond motifs is 1. The maximum absolute atomic E-state index is 13.6. The van der Waals surface area contributed by atoms with Crippen LogP contribution >= 0.6 is 34.4 Å². The van der Waals surface area contributed by atoms with Gasteiger partial charge in [0.15, 0.2) is 10.8 Å². The van der Waals surface area contributed by atoms with Gasteiger partial charge in [-0.05, 0) is 63.6 Å². The Kier molecular flexibility index (Phi) is 11.0. The predicted octanol–water partition coefficient (Wildman–Crippen LogP) is 4.47. The Morgan fingerprint density at radius 3 is 2.51 bits per heavy atom. The number of ether oxygens (including phenoxy) is 3. The summed E-state index contributed by atoms with van der Waals surface area (Å²) in [4.78, 5) is 68.6. The molecule has 0 spiro atoms. The molecule has 0 aliphatic carbocycles. The van der Waals surface area contributed by atoms with Crippen molar-refractivity contribution in [2.24, 2.45) is 10.6 Å². The number of β-lactam (4-membered cyclic amide) rings is 1. The number of esters is 2. The smallest absolute Gasteiger partial charge is 0.358 e. The minimum Gasteiger partial charge on any atom is -0.497 e. The average Bonchev–Trinajstić information content (AvgIpc) is 3.72. The second kappa shape index (κ2) is 15.2. The van der Waals surface area contributed by atoms with E-state index in [4.69, 9.17) is 19.0 Å². The van der Waals surface area contributed by atoms with Crippen LogP contribution in [0.25, 0.3) is 6.08 Å². The number of thioether (sulfide) groups is 1. The van der Waals surface area contributed by atoms with E-state index in [-0.39, 0.29) is 17.1 Å². The summed E-state index contributed by atoms with van der Waals surface area (Å²) < 4.78 is 15.6. The number of hydrogen-bond acceptors (Lipinski definition) is 15. The van der Waals surface area contributed by atoms with Crippen molar-refractivity contribution in [1.82, 2.24) is 20.2 Å². The highest BCUT2D eigenvalue weighted by molar-refractivity contribution is 8.00. The van der Waals surface area contributed by atoms with Gasteiger partial charge in [-0.25, -0.2) is 14.8 Å². The van der Waals surface area contributed by atoms with Crippen molar-refractivity contribution < 1.29 is 38.2 Å². The molecule has 2 amide bonds. The summed E-state index contributed by atoms with van der Waals surface area (Å²) in [6.07, 6.45) is 3.56. The number of anilines is 2.